The lowest BCUT2D eigenvalue weighted by Crippen LogP contribution is -1.93. The van der Waals surface area contributed by atoms with E-state index in [1.54, 1.807) is 19.1 Å². The van der Waals surface area contributed by atoms with E-state index in [1.165, 1.54) is 0 Å². The van der Waals surface area contributed by atoms with Gasteiger partial charge >= 0.3 is 0 Å². The molecule has 0 spiro atoms. The van der Waals surface area contributed by atoms with Crippen LogP contribution in [0.5, 0.6) is 0 Å². The molecule has 0 aromatic heterocycles. The number of Topliss-reactive ketones (excluding diaryl/α,β-unsaturated/α-hetero) is 1. The molecule has 0 heterocycles. The summed E-state index contributed by atoms with van der Waals surface area (Å²) in [5.41, 5.74) is 0.632. The Kier molecular flexibility index (Phi) is 3.07. The lowest BCUT2D eigenvalue weighted by Gasteiger charge is -1.92. The molecule has 0 amide bonds. The number of rotatable bonds is 1. The van der Waals surface area contributed by atoms with E-state index in [4.69, 9.17) is 0 Å². The number of carbonyl (C=O) groups excluding carboxylic acids is 1. The van der Waals surface area contributed by atoms with Gasteiger partial charge in [0.15, 0.2) is 0 Å². The fourth-order valence-corrected chi connectivity index (χ4v) is 1.05. The maximum absolute atomic E-state index is 11.2. The SMILES string of the molecule is CC#CC(=O)c1ccc(Br)cc1. The Bertz CT molecular complexity index is 340. The Labute approximate surface area is 79.9 Å². The minimum absolute atomic E-state index is 0.134. The van der Waals surface area contributed by atoms with Crippen molar-refractivity contribution >= 4 is 21.7 Å². The second kappa shape index (κ2) is 4.08. The highest BCUT2D eigenvalue weighted by molar-refractivity contribution is 9.10. The molecule has 60 valence electrons. The molecule has 2 heteroatoms. The standard InChI is InChI=1S/C10H7BrO/c1-2-3-10(12)8-4-6-9(11)7-5-8/h4-7H,1H3. The molecule has 0 saturated heterocycles. The highest BCUT2D eigenvalue weighted by Crippen LogP contribution is 2.10. The first-order chi connectivity index (χ1) is 5.74. The molecule has 0 saturated carbocycles. The summed E-state index contributed by atoms with van der Waals surface area (Å²) < 4.78 is 0.962. The minimum atomic E-state index is -0.134. The zero-order valence-electron chi connectivity index (χ0n) is 6.60. The van der Waals surface area contributed by atoms with Crippen molar-refractivity contribution in [3.8, 4) is 11.8 Å². The summed E-state index contributed by atoms with van der Waals surface area (Å²) in [6.45, 7) is 1.65. The van der Waals surface area contributed by atoms with E-state index in [1.807, 2.05) is 12.1 Å². The highest BCUT2D eigenvalue weighted by atomic mass is 79.9. The van der Waals surface area contributed by atoms with Gasteiger partial charge < -0.3 is 0 Å². The van der Waals surface area contributed by atoms with E-state index in [0.717, 1.165) is 4.47 Å². The van der Waals surface area contributed by atoms with Crippen molar-refractivity contribution in [3.63, 3.8) is 0 Å². The lowest BCUT2D eigenvalue weighted by atomic mass is 10.1. The largest absolute Gasteiger partial charge is 0.279 e. The average molecular weight is 223 g/mol. The van der Waals surface area contributed by atoms with E-state index in [-0.39, 0.29) is 5.78 Å². The molecular weight excluding hydrogens is 216 g/mol. The van der Waals surface area contributed by atoms with E-state index in [0.29, 0.717) is 5.56 Å². The molecule has 0 atom stereocenters. The Morgan fingerprint density at radius 2 is 1.92 bits per heavy atom. The molecule has 0 bridgehead atoms. The number of hydrogen-bond acceptors (Lipinski definition) is 1. The molecule has 0 aliphatic heterocycles. The molecule has 12 heavy (non-hydrogen) atoms. The minimum Gasteiger partial charge on any atom is -0.279 e. The summed E-state index contributed by atoms with van der Waals surface area (Å²) in [5, 5.41) is 0. The van der Waals surface area contributed by atoms with Gasteiger partial charge in [-0.3, -0.25) is 4.79 Å². The summed E-state index contributed by atoms with van der Waals surface area (Å²) >= 11 is 3.29. The van der Waals surface area contributed by atoms with Crippen molar-refractivity contribution in [2.75, 3.05) is 0 Å². The van der Waals surface area contributed by atoms with E-state index in [2.05, 4.69) is 27.8 Å². The van der Waals surface area contributed by atoms with Crippen LogP contribution in [0.25, 0.3) is 0 Å². The summed E-state index contributed by atoms with van der Waals surface area (Å²) in [6, 6.07) is 7.14. The number of halogens is 1. The van der Waals surface area contributed by atoms with Crippen LogP contribution in [-0.4, -0.2) is 5.78 Å². The summed E-state index contributed by atoms with van der Waals surface area (Å²) in [5.74, 6) is 4.91. The molecular formula is C10H7BrO. The maximum Gasteiger partial charge on any atom is 0.235 e. The summed E-state index contributed by atoms with van der Waals surface area (Å²) in [6.07, 6.45) is 0. The van der Waals surface area contributed by atoms with Gasteiger partial charge in [0.1, 0.15) is 0 Å². The fraction of sp³-hybridized carbons (Fsp3) is 0.100. The van der Waals surface area contributed by atoms with Crippen molar-refractivity contribution in [3.05, 3.63) is 34.3 Å². The van der Waals surface area contributed by atoms with E-state index >= 15 is 0 Å². The first-order valence-electron chi connectivity index (χ1n) is 3.46. The van der Waals surface area contributed by atoms with Crippen LogP contribution >= 0.6 is 15.9 Å². The second-order valence-corrected chi connectivity index (χ2v) is 3.13. The van der Waals surface area contributed by atoms with Gasteiger partial charge in [0.2, 0.25) is 5.78 Å². The zero-order chi connectivity index (χ0) is 8.97. The van der Waals surface area contributed by atoms with Crippen molar-refractivity contribution in [2.45, 2.75) is 6.92 Å². The lowest BCUT2D eigenvalue weighted by molar-refractivity contribution is 0.105. The van der Waals surface area contributed by atoms with E-state index in [9.17, 15) is 4.79 Å². The van der Waals surface area contributed by atoms with Gasteiger partial charge in [-0.1, -0.05) is 21.9 Å². The first-order valence-corrected chi connectivity index (χ1v) is 4.26. The first kappa shape index (κ1) is 9.02. The molecule has 1 nitrogen and oxygen atoms in total. The molecule has 1 rings (SSSR count). The molecule has 0 aliphatic carbocycles. The predicted octanol–water partition coefficient (Wildman–Crippen LogP) is 2.66. The maximum atomic E-state index is 11.2. The van der Waals surface area contributed by atoms with Crippen molar-refractivity contribution in [1.82, 2.24) is 0 Å². The van der Waals surface area contributed by atoms with Crippen molar-refractivity contribution in [2.24, 2.45) is 0 Å². The van der Waals surface area contributed by atoms with Gasteiger partial charge in [0, 0.05) is 10.0 Å². The van der Waals surface area contributed by atoms with Crippen LogP contribution in [0.4, 0.5) is 0 Å². The monoisotopic (exact) mass is 222 g/mol. The van der Waals surface area contributed by atoms with Crippen LogP contribution in [0.1, 0.15) is 17.3 Å². The Morgan fingerprint density at radius 1 is 1.33 bits per heavy atom. The summed E-state index contributed by atoms with van der Waals surface area (Å²) in [7, 11) is 0. The number of carbonyl (C=O) groups is 1. The third-order valence-electron chi connectivity index (χ3n) is 1.34. The smallest absolute Gasteiger partial charge is 0.235 e. The Hall–Kier alpha value is -1.07. The Balaban J connectivity index is 2.95. The zero-order valence-corrected chi connectivity index (χ0v) is 8.18. The van der Waals surface area contributed by atoms with Crippen molar-refractivity contribution < 1.29 is 4.79 Å². The van der Waals surface area contributed by atoms with E-state index < -0.39 is 0 Å². The van der Waals surface area contributed by atoms with Gasteiger partial charge in [0.05, 0.1) is 0 Å². The van der Waals surface area contributed by atoms with Crippen LogP contribution < -0.4 is 0 Å². The van der Waals surface area contributed by atoms with Gasteiger partial charge in [-0.15, -0.1) is 0 Å². The average Bonchev–Trinajstić information content (AvgIpc) is 2.06. The summed E-state index contributed by atoms with van der Waals surface area (Å²) in [4.78, 5) is 11.2. The van der Waals surface area contributed by atoms with Gasteiger partial charge in [-0.05, 0) is 37.1 Å². The van der Waals surface area contributed by atoms with Crippen LogP contribution in [0, 0.1) is 11.8 Å². The normalized spacial score (nSPS) is 8.50. The molecule has 0 radical (unpaired) electrons. The number of benzene rings is 1. The third kappa shape index (κ3) is 2.21. The number of hydrogen-bond donors (Lipinski definition) is 0. The van der Waals surface area contributed by atoms with Crippen LogP contribution in [0.2, 0.25) is 0 Å². The topological polar surface area (TPSA) is 17.1 Å². The van der Waals surface area contributed by atoms with Crippen LogP contribution in [0.15, 0.2) is 28.7 Å². The van der Waals surface area contributed by atoms with Crippen LogP contribution in [-0.2, 0) is 0 Å². The third-order valence-corrected chi connectivity index (χ3v) is 1.87. The molecule has 1 aromatic rings. The van der Waals surface area contributed by atoms with Crippen molar-refractivity contribution in [1.29, 1.82) is 0 Å². The molecule has 0 aliphatic rings. The van der Waals surface area contributed by atoms with Gasteiger partial charge in [0.25, 0.3) is 0 Å². The highest BCUT2D eigenvalue weighted by Gasteiger charge is 1.99. The molecule has 0 fully saturated rings. The van der Waals surface area contributed by atoms with Gasteiger partial charge in [-0.25, -0.2) is 0 Å². The van der Waals surface area contributed by atoms with Gasteiger partial charge in [-0.2, -0.15) is 0 Å². The molecule has 1 aromatic carbocycles. The Morgan fingerprint density at radius 3 is 2.42 bits per heavy atom. The molecule has 0 unspecified atom stereocenters. The predicted molar refractivity (Wildman–Crippen MR) is 51.9 cm³/mol. The molecule has 0 N–H and O–H groups in total. The quantitative estimate of drug-likeness (QED) is 0.406. The number of ketones is 1. The fourth-order valence-electron chi connectivity index (χ4n) is 0.787. The second-order valence-electron chi connectivity index (χ2n) is 2.21. The van der Waals surface area contributed by atoms with Crippen LogP contribution in [0.3, 0.4) is 0 Å².